The van der Waals surface area contributed by atoms with Crippen molar-refractivity contribution in [1.82, 2.24) is 5.32 Å². The van der Waals surface area contributed by atoms with Crippen LogP contribution in [-0.2, 0) is 12.8 Å². The minimum absolute atomic E-state index is 0.0254. The molecule has 0 heterocycles. The smallest absolute Gasteiger partial charge is 0.126 e. The Morgan fingerprint density at radius 2 is 2.00 bits per heavy atom. The Labute approximate surface area is 83.3 Å². The molecule has 1 fully saturated rings. The Balaban J connectivity index is 1.78. The summed E-state index contributed by atoms with van der Waals surface area (Å²) < 4.78 is 13.4. The second-order valence-corrected chi connectivity index (χ2v) is 4.42. The van der Waals surface area contributed by atoms with Crippen molar-refractivity contribution in [1.29, 1.82) is 0 Å². The van der Waals surface area contributed by atoms with E-state index in [9.17, 15) is 4.39 Å². The second kappa shape index (κ2) is 3.06. The molecule has 1 atom stereocenters. The van der Waals surface area contributed by atoms with E-state index in [1.807, 2.05) is 12.1 Å². The van der Waals surface area contributed by atoms with Crippen LogP contribution in [-0.4, -0.2) is 12.1 Å². The Bertz CT molecular complexity index is 357. The Kier molecular flexibility index (Phi) is 1.84. The first-order valence-corrected chi connectivity index (χ1v) is 5.35. The van der Waals surface area contributed by atoms with Crippen LogP contribution in [0.1, 0.15) is 24.0 Å². The lowest BCUT2D eigenvalue weighted by Gasteiger charge is -2.09. The van der Waals surface area contributed by atoms with Crippen molar-refractivity contribution >= 4 is 0 Å². The lowest BCUT2D eigenvalue weighted by molar-refractivity contribution is 0.523. The standard InChI is InChI=1S/C12H14FN/c13-12-3-1-2-8-6-10(7-11(8)12)14-9-4-5-9/h1-3,9-10,14H,4-7H2. The van der Waals surface area contributed by atoms with Crippen LogP contribution in [0.15, 0.2) is 18.2 Å². The molecule has 74 valence electrons. The van der Waals surface area contributed by atoms with E-state index in [4.69, 9.17) is 0 Å². The first-order valence-electron chi connectivity index (χ1n) is 5.35. The van der Waals surface area contributed by atoms with Crippen LogP contribution in [0.2, 0.25) is 0 Å². The molecule has 14 heavy (non-hydrogen) atoms. The van der Waals surface area contributed by atoms with Gasteiger partial charge >= 0.3 is 0 Å². The molecule has 0 aliphatic heterocycles. The zero-order valence-electron chi connectivity index (χ0n) is 8.09. The number of hydrogen-bond donors (Lipinski definition) is 1. The van der Waals surface area contributed by atoms with Gasteiger partial charge in [-0.05, 0) is 42.9 Å². The van der Waals surface area contributed by atoms with E-state index in [1.165, 1.54) is 18.4 Å². The molecule has 2 heteroatoms. The van der Waals surface area contributed by atoms with Crippen molar-refractivity contribution in [3.05, 3.63) is 35.1 Å². The van der Waals surface area contributed by atoms with Crippen molar-refractivity contribution in [2.45, 2.75) is 37.8 Å². The van der Waals surface area contributed by atoms with Crippen LogP contribution in [0.3, 0.4) is 0 Å². The fraction of sp³-hybridized carbons (Fsp3) is 0.500. The number of nitrogens with one attached hydrogen (secondary N) is 1. The molecule has 1 N–H and O–H groups in total. The fourth-order valence-corrected chi connectivity index (χ4v) is 2.31. The van der Waals surface area contributed by atoms with Gasteiger partial charge in [-0.2, -0.15) is 0 Å². The molecule has 1 nitrogen and oxygen atoms in total. The van der Waals surface area contributed by atoms with Gasteiger partial charge in [0.1, 0.15) is 5.82 Å². The summed E-state index contributed by atoms with van der Waals surface area (Å²) in [5.41, 5.74) is 2.13. The molecular formula is C12H14FN. The SMILES string of the molecule is Fc1cccc2c1CC(NC1CC1)C2. The van der Waals surface area contributed by atoms with Crippen molar-refractivity contribution in [3.8, 4) is 0 Å². The first-order chi connectivity index (χ1) is 6.83. The molecule has 1 unspecified atom stereocenters. The van der Waals surface area contributed by atoms with Gasteiger partial charge in [0, 0.05) is 12.1 Å². The van der Waals surface area contributed by atoms with Gasteiger partial charge in [0.25, 0.3) is 0 Å². The molecule has 2 aliphatic rings. The third-order valence-electron chi connectivity index (χ3n) is 3.18. The number of rotatable bonds is 2. The molecule has 3 rings (SSSR count). The molecule has 0 aromatic heterocycles. The predicted molar refractivity (Wildman–Crippen MR) is 53.8 cm³/mol. The lowest BCUT2D eigenvalue weighted by Crippen LogP contribution is -2.31. The number of halogens is 1. The fourth-order valence-electron chi connectivity index (χ4n) is 2.31. The van der Waals surface area contributed by atoms with E-state index < -0.39 is 0 Å². The maximum absolute atomic E-state index is 13.4. The van der Waals surface area contributed by atoms with Crippen molar-refractivity contribution < 1.29 is 4.39 Å². The largest absolute Gasteiger partial charge is 0.311 e. The third-order valence-corrected chi connectivity index (χ3v) is 3.18. The Morgan fingerprint density at radius 3 is 2.71 bits per heavy atom. The van der Waals surface area contributed by atoms with Crippen LogP contribution in [0.4, 0.5) is 4.39 Å². The van der Waals surface area contributed by atoms with Gasteiger partial charge in [0.15, 0.2) is 0 Å². The normalized spacial score (nSPS) is 25.1. The monoisotopic (exact) mass is 191 g/mol. The summed E-state index contributed by atoms with van der Waals surface area (Å²) in [6.45, 7) is 0. The van der Waals surface area contributed by atoms with Gasteiger partial charge in [-0.25, -0.2) is 4.39 Å². The lowest BCUT2D eigenvalue weighted by atomic mass is 10.1. The molecule has 2 aliphatic carbocycles. The molecule has 0 radical (unpaired) electrons. The molecule has 0 amide bonds. The quantitative estimate of drug-likeness (QED) is 0.754. The van der Waals surface area contributed by atoms with Crippen molar-refractivity contribution in [2.24, 2.45) is 0 Å². The van der Waals surface area contributed by atoms with Gasteiger partial charge in [0.2, 0.25) is 0 Å². The van der Waals surface area contributed by atoms with Gasteiger partial charge < -0.3 is 5.32 Å². The summed E-state index contributed by atoms with van der Waals surface area (Å²) in [7, 11) is 0. The highest BCUT2D eigenvalue weighted by Crippen LogP contribution is 2.27. The topological polar surface area (TPSA) is 12.0 Å². The molecule has 0 spiro atoms. The van der Waals surface area contributed by atoms with Crippen molar-refractivity contribution in [3.63, 3.8) is 0 Å². The second-order valence-electron chi connectivity index (χ2n) is 4.42. The first kappa shape index (κ1) is 8.42. The maximum atomic E-state index is 13.4. The highest BCUT2D eigenvalue weighted by molar-refractivity contribution is 5.34. The summed E-state index contributed by atoms with van der Waals surface area (Å²) in [4.78, 5) is 0. The van der Waals surface area contributed by atoms with Gasteiger partial charge in [0.05, 0.1) is 0 Å². The molecule has 1 aromatic rings. The Morgan fingerprint density at radius 1 is 1.14 bits per heavy atom. The zero-order chi connectivity index (χ0) is 9.54. The molecule has 1 saturated carbocycles. The number of benzene rings is 1. The maximum Gasteiger partial charge on any atom is 0.126 e. The highest BCUT2D eigenvalue weighted by Gasteiger charge is 2.29. The van der Waals surface area contributed by atoms with E-state index in [1.54, 1.807) is 6.07 Å². The predicted octanol–water partition coefficient (Wildman–Crippen LogP) is 2.04. The van der Waals surface area contributed by atoms with Gasteiger partial charge in [-0.3, -0.25) is 0 Å². The van der Waals surface area contributed by atoms with E-state index in [-0.39, 0.29) is 5.82 Å². The van der Waals surface area contributed by atoms with Crippen LogP contribution in [0, 0.1) is 5.82 Å². The number of hydrogen-bond acceptors (Lipinski definition) is 1. The van der Waals surface area contributed by atoms with Crippen LogP contribution in [0.5, 0.6) is 0 Å². The summed E-state index contributed by atoms with van der Waals surface area (Å²) in [5, 5.41) is 3.56. The molecule has 0 bridgehead atoms. The minimum atomic E-state index is -0.0254. The van der Waals surface area contributed by atoms with Crippen LogP contribution >= 0.6 is 0 Å². The van der Waals surface area contributed by atoms with E-state index >= 15 is 0 Å². The number of fused-ring (bicyclic) bond motifs is 1. The van der Waals surface area contributed by atoms with Crippen LogP contribution in [0.25, 0.3) is 0 Å². The van der Waals surface area contributed by atoms with Gasteiger partial charge in [-0.15, -0.1) is 0 Å². The molecular weight excluding hydrogens is 177 g/mol. The summed E-state index contributed by atoms with van der Waals surface area (Å²) in [6, 6.07) is 6.63. The summed E-state index contributed by atoms with van der Waals surface area (Å²) in [5.74, 6) is -0.0254. The highest BCUT2D eigenvalue weighted by atomic mass is 19.1. The van der Waals surface area contributed by atoms with Crippen molar-refractivity contribution in [2.75, 3.05) is 0 Å². The third kappa shape index (κ3) is 1.44. The van der Waals surface area contributed by atoms with Gasteiger partial charge in [-0.1, -0.05) is 12.1 Å². The van der Waals surface area contributed by atoms with E-state index in [2.05, 4.69) is 5.32 Å². The minimum Gasteiger partial charge on any atom is -0.311 e. The average Bonchev–Trinajstić information content (AvgIpc) is 2.84. The average molecular weight is 191 g/mol. The zero-order valence-corrected chi connectivity index (χ0v) is 8.09. The molecule has 1 aromatic carbocycles. The van der Waals surface area contributed by atoms with E-state index in [0.717, 1.165) is 24.4 Å². The van der Waals surface area contributed by atoms with E-state index in [0.29, 0.717) is 6.04 Å². The summed E-state index contributed by atoms with van der Waals surface area (Å²) >= 11 is 0. The molecule has 0 saturated heterocycles. The summed E-state index contributed by atoms with van der Waals surface area (Å²) in [6.07, 6.45) is 4.48. The Hall–Kier alpha value is -0.890. The van der Waals surface area contributed by atoms with Crippen LogP contribution < -0.4 is 5.32 Å².